The van der Waals surface area contributed by atoms with E-state index in [1.54, 1.807) is 12.1 Å². The zero-order chi connectivity index (χ0) is 23.6. The molecular formula is C24H29NO8. The van der Waals surface area contributed by atoms with Crippen LogP contribution in [-0.4, -0.2) is 57.1 Å². The summed E-state index contributed by atoms with van der Waals surface area (Å²) in [5.74, 6) is -0.114. The molecule has 1 aromatic carbocycles. The first-order valence-electron chi connectivity index (χ1n) is 10.9. The van der Waals surface area contributed by atoms with E-state index in [2.05, 4.69) is 18.0 Å². The lowest BCUT2D eigenvalue weighted by molar-refractivity contribution is -0.143. The summed E-state index contributed by atoms with van der Waals surface area (Å²) in [5, 5.41) is 2.75. The van der Waals surface area contributed by atoms with E-state index in [1.165, 1.54) is 13.2 Å². The van der Waals surface area contributed by atoms with E-state index in [0.29, 0.717) is 35.6 Å². The highest BCUT2D eigenvalue weighted by Crippen LogP contribution is 2.46. The van der Waals surface area contributed by atoms with Gasteiger partial charge in [0.2, 0.25) is 6.79 Å². The summed E-state index contributed by atoms with van der Waals surface area (Å²) in [5.41, 5.74) is 1.85. The Morgan fingerprint density at radius 2 is 2.00 bits per heavy atom. The van der Waals surface area contributed by atoms with Crippen molar-refractivity contribution in [3.8, 4) is 11.5 Å². The van der Waals surface area contributed by atoms with E-state index in [9.17, 15) is 9.59 Å². The molecule has 0 radical (unpaired) electrons. The third-order valence-corrected chi connectivity index (χ3v) is 5.79. The molecule has 178 valence electrons. The van der Waals surface area contributed by atoms with Crippen molar-refractivity contribution in [2.75, 3.05) is 27.1 Å². The molecule has 33 heavy (non-hydrogen) atoms. The number of carbonyl (C=O) groups is 2. The van der Waals surface area contributed by atoms with Gasteiger partial charge in [-0.2, -0.15) is 0 Å². The van der Waals surface area contributed by atoms with Crippen molar-refractivity contribution in [1.29, 1.82) is 0 Å². The molecule has 1 aromatic rings. The Labute approximate surface area is 192 Å². The van der Waals surface area contributed by atoms with Crippen molar-refractivity contribution < 1.29 is 38.0 Å². The van der Waals surface area contributed by atoms with Gasteiger partial charge >= 0.3 is 12.1 Å². The highest BCUT2D eigenvalue weighted by molar-refractivity contribution is 5.97. The zero-order valence-corrected chi connectivity index (χ0v) is 19.1. The summed E-state index contributed by atoms with van der Waals surface area (Å²) in [7, 11) is 1.34. The average Bonchev–Trinajstić information content (AvgIpc) is 3.37. The minimum atomic E-state index is -0.766. The Bertz CT molecular complexity index is 969. The molecule has 9 nitrogen and oxygen atoms in total. The van der Waals surface area contributed by atoms with Gasteiger partial charge in [-0.05, 0) is 55.9 Å². The van der Waals surface area contributed by atoms with Crippen LogP contribution in [0.5, 0.6) is 11.5 Å². The van der Waals surface area contributed by atoms with Gasteiger partial charge in [0.1, 0.15) is 12.7 Å². The van der Waals surface area contributed by atoms with Gasteiger partial charge < -0.3 is 33.7 Å². The summed E-state index contributed by atoms with van der Waals surface area (Å²) < 4.78 is 33.4. The minimum Gasteiger partial charge on any atom is -0.465 e. The lowest BCUT2D eigenvalue weighted by Gasteiger charge is -2.30. The second-order valence-corrected chi connectivity index (χ2v) is 8.56. The number of rotatable bonds is 7. The number of allylic oxidation sites excluding steroid dienone is 1. The molecule has 1 saturated heterocycles. The highest BCUT2D eigenvalue weighted by Gasteiger charge is 2.47. The first-order valence-corrected chi connectivity index (χ1v) is 10.9. The molecule has 0 bridgehead atoms. The van der Waals surface area contributed by atoms with Crippen LogP contribution in [0.3, 0.4) is 0 Å². The normalized spacial score (nSPS) is 24.5. The van der Waals surface area contributed by atoms with Crippen LogP contribution in [-0.2, 0) is 18.9 Å². The van der Waals surface area contributed by atoms with Crippen molar-refractivity contribution in [3.63, 3.8) is 0 Å². The molecule has 2 heterocycles. The Morgan fingerprint density at radius 1 is 1.24 bits per heavy atom. The van der Waals surface area contributed by atoms with E-state index in [-0.39, 0.29) is 31.5 Å². The number of ether oxygens (including phenoxy) is 6. The maximum absolute atomic E-state index is 12.6. The number of esters is 1. The number of hydrogen-bond acceptors (Lipinski definition) is 8. The van der Waals surface area contributed by atoms with E-state index >= 15 is 0 Å². The molecule has 3 aliphatic rings. The van der Waals surface area contributed by atoms with E-state index in [4.69, 9.17) is 28.4 Å². The third kappa shape index (κ3) is 4.99. The highest BCUT2D eigenvalue weighted by atomic mass is 16.8. The molecule has 2 aliphatic heterocycles. The van der Waals surface area contributed by atoms with Gasteiger partial charge in [0, 0.05) is 6.54 Å². The second kappa shape index (κ2) is 9.44. The fourth-order valence-corrected chi connectivity index (χ4v) is 4.44. The van der Waals surface area contributed by atoms with Crippen molar-refractivity contribution in [1.82, 2.24) is 5.32 Å². The average molecular weight is 459 g/mol. The number of alkyl carbamates (subject to hydrolysis) is 1. The fourth-order valence-electron chi connectivity index (χ4n) is 4.44. The Morgan fingerprint density at radius 3 is 2.73 bits per heavy atom. The molecule has 9 heteroatoms. The molecular weight excluding hydrogens is 430 g/mol. The first-order chi connectivity index (χ1) is 15.8. The van der Waals surface area contributed by atoms with Crippen LogP contribution in [0.4, 0.5) is 4.79 Å². The van der Waals surface area contributed by atoms with Gasteiger partial charge in [-0.3, -0.25) is 0 Å². The summed E-state index contributed by atoms with van der Waals surface area (Å²) in [6.45, 7) is 7.94. The molecule has 0 unspecified atom stereocenters. The summed E-state index contributed by atoms with van der Waals surface area (Å²) >= 11 is 0. The van der Waals surface area contributed by atoms with Crippen molar-refractivity contribution in [2.24, 2.45) is 5.92 Å². The second-order valence-electron chi connectivity index (χ2n) is 8.56. The number of fused-ring (bicyclic) bond motifs is 2. The van der Waals surface area contributed by atoms with Gasteiger partial charge in [0.15, 0.2) is 17.3 Å². The van der Waals surface area contributed by atoms with E-state index in [1.807, 2.05) is 13.8 Å². The van der Waals surface area contributed by atoms with Crippen LogP contribution < -0.4 is 14.8 Å². The molecule has 1 amide bonds. The molecule has 0 spiro atoms. The number of methoxy groups -OCH3 is 1. The zero-order valence-electron chi connectivity index (χ0n) is 19.1. The Balaban J connectivity index is 1.63. The number of amides is 1. The van der Waals surface area contributed by atoms with E-state index < -0.39 is 17.8 Å². The van der Waals surface area contributed by atoms with Gasteiger partial charge in [-0.1, -0.05) is 18.7 Å². The third-order valence-electron chi connectivity index (χ3n) is 5.79. The van der Waals surface area contributed by atoms with Crippen LogP contribution in [0, 0.1) is 5.92 Å². The lowest BCUT2D eigenvalue weighted by atomic mass is 9.80. The molecule has 1 aliphatic carbocycles. The number of nitrogens with one attached hydrogen (secondary N) is 1. The number of carbonyl (C=O) groups excluding carboxylic acids is 2. The SMILES string of the molecule is C=CCOC(=O)NCC[C@@H]1C=C(c2cc3c(cc2C(=O)OC)OCO3)[C@H]2OC(C)(C)O[C@H]2C1. The maximum Gasteiger partial charge on any atom is 0.407 e. The van der Waals surface area contributed by atoms with Crippen LogP contribution in [0.2, 0.25) is 0 Å². The quantitative estimate of drug-likeness (QED) is 0.489. The predicted molar refractivity (Wildman–Crippen MR) is 118 cm³/mol. The van der Waals surface area contributed by atoms with Gasteiger partial charge in [0.05, 0.1) is 18.8 Å². The first kappa shape index (κ1) is 23.1. The van der Waals surface area contributed by atoms with Gasteiger partial charge in [-0.15, -0.1) is 0 Å². The molecule has 1 N–H and O–H groups in total. The topological polar surface area (TPSA) is 102 Å². The predicted octanol–water partition coefficient (Wildman–Crippen LogP) is 3.43. The Hall–Kier alpha value is -3.04. The lowest BCUT2D eigenvalue weighted by Crippen LogP contribution is -2.33. The minimum absolute atomic E-state index is 0.0781. The summed E-state index contributed by atoms with van der Waals surface area (Å²) in [6.07, 6.45) is 3.94. The van der Waals surface area contributed by atoms with Crippen molar-refractivity contribution in [2.45, 2.75) is 44.7 Å². The van der Waals surface area contributed by atoms with Gasteiger partial charge in [0.25, 0.3) is 0 Å². The van der Waals surface area contributed by atoms with Crippen LogP contribution in [0.1, 0.15) is 42.6 Å². The molecule has 1 fully saturated rings. The monoisotopic (exact) mass is 459 g/mol. The summed E-state index contributed by atoms with van der Waals surface area (Å²) in [6, 6.07) is 3.43. The van der Waals surface area contributed by atoms with E-state index in [0.717, 1.165) is 12.0 Å². The Kier molecular flexibility index (Phi) is 6.62. The largest absolute Gasteiger partial charge is 0.465 e. The maximum atomic E-state index is 12.6. The molecule has 0 saturated carbocycles. The van der Waals surface area contributed by atoms with Crippen molar-refractivity contribution >= 4 is 17.6 Å². The molecule has 3 atom stereocenters. The van der Waals surface area contributed by atoms with Gasteiger partial charge in [-0.25, -0.2) is 9.59 Å². The molecule has 4 rings (SSSR count). The van der Waals surface area contributed by atoms with Crippen molar-refractivity contribution in [3.05, 3.63) is 42.0 Å². The van der Waals surface area contributed by atoms with Crippen LogP contribution >= 0.6 is 0 Å². The summed E-state index contributed by atoms with van der Waals surface area (Å²) in [4.78, 5) is 24.4. The van der Waals surface area contributed by atoms with Crippen LogP contribution in [0.25, 0.3) is 5.57 Å². The number of hydrogen-bond donors (Lipinski definition) is 1. The fraction of sp³-hybridized carbons (Fsp3) is 0.500. The smallest absolute Gasteiger partial charge is 0.407 e. The van der Waals surface area contributed by atoms with Crippen LogP contribution in [0.15, 0.2) is 30.9 Å². The molecule has 0 aromatic heterocycles. The standard InChI is InChI=1S/C24H29NO8/c1-5-8-29-23(27)25-7-6-14-9-16(21-20(10-14)32-24(2,3)33-21)15-11-18-19(31-13-30-18)12-17(15)22(26)28-4/h5,9,11-12,14,20-21H,1,6-8,10,13H2,2-4H3,(H,25,27)/t14-,20+,21-/m1/s1. The number of benzene rings is 1.